The summed E-state index contributed by atoms with van der Waals surface area (Å²) in [7, 11) is 1.62. The van der Waals surface area contributed by atoms with Crippen LogP contribution in [0.3, 0.4) is 0 Å². The van der Waals surface area contributed by atoms with Crippen LogP contribution in [0.15, 0.2) is 42.5 Å². The van der Waals surface area contributed by atoms with Gasteiger partial charge in [-0.15, -0.1) is 0 Å². The van der Waals surface area contributed by atoms with Crippen LogP contribution in [-0.4, -0.2) is 7.11 Å². The molecule has 18 heavy (non-hydrogen) atoms. The Morgan fingerprint density at radius 1 is 1.11 bits per heavy atom. The Morgan fingerprint density at radius 3 is 2.50 bits per heavy atom. The summed E-state index contributed by atoms with van der Waals surface area (Å²) in [6.45, 7) is 0.494. The number of rotatable bonds is 4. The highest BCUT2D eigenvalue weighted by Gasteiger charge is 2.09. The molecule has 0 atom stereocenters. The highest BCUT2D eigenvalue weighted by Crippen LogP contribution is 2.34. The molecule has 2 rings (SSSR count). The van der Waals surface area contributed by atoms with Gasteiger partial charge in [-0.1, -0.05) is 41.9 Å². The minimum atomic E-state index is 0.494. The van der Waals surface area contributed by atoms with Crippen LogP contribution in [0.1, 0.15) is 5.56 Å². The van der Waals surface area contributed by atoms with Gasteiger partial charge in [0.1, 0.15) is 6.61 Å². The van der Waals surface area contributed by atoms with E-state index in [2.05, 4.69) is 22.6 Å². The highest BCUT2D eigenvalue weighted by molar-refractivity contribution is 14.1. The number of hydrogen-bond acceptors (Lipinski definition) is 2. The Kier molecular flexibility index (Phi) is 4.72. The van der Waals surface area contributed by atoms with Gasteiger partial charge in [0, 0.05) is 9.64 Å². The molecule has 0 bridgehead atoms. The molecular formula is C14H12ClIO2. The molecule has 2 aromatic carbocycles. The summed E-state index contributed by atoms with van der Waals surface area (Å²) in [6.07, 6.45) is 0. The van der Waals surface area contributed by atoms with Crippen LogP contribution in [0.5, 0.6) is 11.5 Å². The smallest absolute Gasteiger partial charge is 0.163 e. The minimum absolute atomic E-state index is 0.494. The first-order valence-electron chi connectivity index (χ1n) is 5.40. The third-order valence-electron chi connectivity index (χ3n) is 2.44. The predicted octanol–water partition coefficient (Wildman–Crippen LogP) is 4.53. The highest BCUT2D eigenvalue weighted by atomic mass is 127. The first-order chi connectivity index (χ1) is 8.70. The fourth-order valence-corrected chi connectivity index (χ4v) is 2.11. The van der Waals surface area contributed by atoms with Crippen LogP contribution in [-0.2, 0) is 6.61 Å². The Bertz CT molecular complexity index is 529. The topological polar surface area (TPSA) is 18.5 Å². The van der Waals surface area contributed by atoms with Gasteiger partial charge in [0.05, 0.1) is 12.1 Å². The van der Waals surface area contributed by atoms with E-state index in [1.807, 2.05) is 36.4 Å². The molecule has 0 unspecified atom stereocenters. The zero-order valence-electron chi connectivity index (χ0n) is 9.82. The Balaban J connectivity index is 2.16. The van der Waals surface area contributed by atoms with Gasteiger partial charge in [0.15, 0.2) is 11.5 Å². The molecule has 0 amide bonds. The van der Waals surface area contributed by atoms with Crippen LogP contribution in [0.25, 0.3) is 0 Å². The molecule has 0 saturated heterocycles. The quantitative estimate of drug-likeness (QED) is 0.732. The van der Waals surface area contributed by atoms with Crippen LogP contribution < -0.4 is 9.47 Å². The lowest BCUT2D eigenvalue weighted by atomic mass is 10.2. The SMILES string of the molecule is COc1cc(I)c(Cl)cc1OCc1ccccc1. The summed E-state index contributed by atoms with van der Waals surface area (Å²) in [5, 5.41) is 0.666. The Morgan fingerprint density at radius 2 is 1.83 bits per heavy atom. The van der Waals surface area contributed by atoms with Gasteiger partial charge in [-0.2, -0.15) is 0 Å². The van der Waals surface area contributed by atoms with E-state index in [4.69, 9.17) is 21.1 Å². The van der Waals surface area contributed by atoms with E-state index < -0.39 is 0 Å². The number of ether oxygens (including phenoxy) is 2. The summed E-state index contributed by atoms with van der Waals surface area (Å²) in [5.41, 5.74) is 1.11. The van der Waals surface area contributed by atoms with E-state index in [9.17, 15) is 0 Å². The Labute approximate surface area is 125 Å². The fourth-order valence-electron chi connectivity index (χ4n) is 1.52. The van der Waals surface area contributed by atoms with Crippen molar-refractivity contribution in [2.45, 2.75) is 6.61 Å². The van der Waals surface area contributed by atoms with Gasteiger partial charge in [0.25, 0.3) is 0 Å². The standard InChI is InChI=1S/C14H12ClIO2/c1-17-13-8-12(16)11(15)7-14(13)18-9-10-5-3-2-4-6-10/h2-8H,9H2,1H3. The van der Waals surface area contributed by atoms with Gasteiger partial charge in [0.2, 0.25) is 0 Å². The summed E-state index contributed by atoms with van der Waals surface area (Å²) in [5.74, 6) is 1.35. The molecule has 2 nitrogen and oxygen atoms in total. The van der Waals surface area contributed by atoms with Crippen LogP contribution >= 0.6 is 34.2 Å². The second kappa shape index (κ2) is 6.29. The maximum atomic E-state index is 6.08. The van der Waals surface area contributed by atoms with Crippen molar-refractivity contribution in [1.29, 1.82) is 0 Å². The summed E-state index contributed by atoms with van der Waals surface area (Å²) < 4.78 is 12.0. The van der Waals surface area contributed by atoms with Crippen molar-refractivity contribution in [1.82, 2.24) is 0 Å². The maximum Gasteiger partial charge on any atom is 0.163 e. The van der Waals surface area contributed by atoms with Crippen LogP contribution in [0.4, 0.5) is 0 Å². The monoisotopic (exact) mass is 374 g/mol. The van der Waals surface area contributed by atoms with Crippen LogP contribution in [0.2, 0.25) is 5.02 Å². The number of benzene rings is 2. The molecule has 0 heterocycles. The van der Waals surface area contributed by atoms with E-state index in [-0.39, 0.29) is 0 Å². The molecule has 0 aliphatic carbocycles. The van der Waals surface area contributed by atoms with E-state index in [1.54, 1.807) is 13.2 Å². The van der Waals surface area contributed by atoms with Crippen molar-refractivity contribution in [3.8, 4) is 11.5 Å². The first kappa shape index (κ1) is 13.5. The lowest BCUT2D eigenvalue weighted by Gasteiger charge is -2.12. The van der Waals surface area contributed by atoms with Gasteiger partial charge < -0.3 is 9.47 Å². The van der Waals surface area contributed by atoms with E-state index >= 15 is 0 Å². The zero-order chi connectivity index (χ0) is 13.0. The molecule has 0 aliphatic rings. The summed E-state index contributed by atoms with van der Waals surface area (Å²) in [4.78, 5) is 0. The largest absolute Gasteiger partial charge is 0.493 e. The lowest BCUT2D eigenvalue weighted by molar-refractivity contribution is 0.284. The third-order valence-corrected chi connectivity index (χ3v) is 3.97. The van der Waals surface area contributed by atoms with Gasteiger partial charge in [-0.05, 0) is 34.2 Å². The van der Waals surface area contributed by atoms with Crippen molar-refractivity contribution in [2.75, 3.05) is 7.11 Å². The molecule has 0 N–H and O–H groups in total. The minimum Gasteiger partial charge on any atom is -0.493 e. The first-order valence-corrected chi connectivity index (χ1v) is 6.86. The van der Waals surface area contributed by atoms with Gasteiger partial charge in [-0.25, -0.2) is 0 Å². The van der Waals surface area contributed by atoms with Crippen molar-refractivity contribution in [3.63, 3.8) is 0 Å². The summed E-state index contributed by atoms with van der Waals surface area (Å²) >= 11 is 8.24. The molecule has 2 aromatic rings. The average Bonchev–Trinajstić information content (AvgIpc) is 2.41. The normalized spacial score (nSPS) is 10.2. The van der Waals surface area contributed by atoms with E-state index in [1.165, 1.54) is 0 Å². The molecule has 0 saturated carbocycles. The molecule has 0 spiro atoms. The lowest BCUT2D eigenvalue weighted by Crippen LogP contribution is -1.98. The molecule has 0 fully saturated rings. The number of halogens is 2. The molecule has 4 heteroatoms. The molecule has 0 radical (unpaired) electrons. The maximum absolute atomic E-state index is 6.08. The van der Waals surface area contributed by atoms with Crippen molar-refractivity contribution in [3.05, 3.63) is 56.6 Å². The van der Waals surface area contributed by atoms with Gasteiger partial charge >= 0.3 is 0 Å². The Hall–Kier alpha value is -0.940. The molecule has 0 aromatic heterocycles. The van der Waals surface area contributed by atoms with E-state index in [0.717, 1.165) is 9.13 Å². The van der Waals surface area contributed by atoms with Gasteiger partial charge in [-0.3, -0.25) is 0 Å². The van der Waals surface area contributed by atoms with Crippen molar-refractivity contribution < 1.29 is 9.47 Å². The fraction of sp³-hybridized carbons (Fsp3) is 0.143. The summed E-state index contributed by atoms with van der Waals surface area (Å²) in [6, 6.07) is 13.6. The number of hydrogen-bond donors (Lipinski definition) is 0. The zero-order valence-corrected chi connectivity index (χ0v) is 12.7. The molecule has 94 valence electrons. The van der Waals surface area contributed by atoms with Crippen molar-refractivity contribution in [2.24, 2.45) is 0 Å². The van der Waals surface area contributed by atoms with Crippen molar-refractivity contribution >= 4 is 34.2 Å². The molecular weight excluding hydrogens is 363 g/mol. The molecule has 0 aliphatic heterocycles. The van der Waals surface area contributed by atoms with Crippen LogP contribution in [0, 0.1) is 3.57 Å². The third kappa shape index (κ3) is 3.29. The second-order valence-electron chi connectivity index (χ2n) is 3.69. The van der Waals surface area contributed by atoms with E-state index in [0.29, 0.717) is 23.1 Å². The average molecular weight is 375 g/mol. The number of methoxy groups -OCH3 is 1. The predicted molar refractivity (Wildman–Crippen MR) is 81.5 cm³/mol. The second-order valence-corrected chi connectivity index (χ2v) is 5.26.